The molecule has 3 unspecified atom stereocenters. The Balaban J connectivity index is 2.01. The standard InChI is InChI=1S/C11H18N2O3/c1-7-2-3-13(9(7)6-14)11(16)8-4-10(15)12-5-8/h7-9,14H,2-6H2,1H3,(H,12,15). The molecule has 0 aliphatic carbocycles. The summed E-state index contributed by atoms with van der Waals surface area (Å²) in [5, 5.41) is 11.9. The van der Waals surface area contributed by atoms with Gasteiger partial charge in [0.2, 0.25) is 11.8 Å². The largest absolute Gasteiger partial charge is 0.394 e. The number of hydrogen-bond donors (Lipinski definition) is 2. The predicted octanol–water partition coefficient (Wildman–Crippen LogP) is -0.648. The van der Waals surface area contributed by atoms with Crippen LogP contribution in [0.1, 0.15) is 19.8 Å². The van der Waals surface area contributed by atoms with E-state index in [2.05, 4.69) is 5.32 Å². The molecule has 0 aromatic rings. The molecule has 2 amide bonds. The number of hydrogen-bond acceptors (Lipinski definition) is 3. The second-order valence-electron chi connectivity index (χ2n) is 4.75. The Bertz CT molecular complexity index is 306. The zero-order chi connectivity index (χ0) is 11.7. The van der Waals surface area contributed by atoms with E-state index in [-0.39, 0.29) is 30.4 Å². The molecule has 2 fully saturated rings. The van der Waals surface area contributed by atoms with E-state index >= 15 is 0 Å². The smallest absolute Gasteiger partial charge is 0.228 e. The van der Waals surface area contributed by atoms with Crippen molar-refractivity contribution in [3.63, 3.8) is 0 Å². The highest BCUT2D eigenvalue weighted by atomic mass is 16.3. The topological polar surface area (TPSA) is 69.6 Å². The third-order valence-electron chi connectivity index (χ3n) is 3.68. The molecule has 2 N–H and O–H groups in total. The Hall–Kier alpha value is -1.10. The van der Waals surface area contributed by atoms with Gasteiger partial charge in [0.05, 0.1) is 18.6 Å². The summed E-state index contributed by atoms with van der Waals surface area (Å²) in [5.74, 6) is 0.0822. The average Bonchev–Trinajstić information content (AvgIpc) is 2.83. The summed E-state index contributed by atoms with van der Waals surface area (Å²) < 4.78 is 0. The maximum atomic E-state index is 12.1. The van der Waals surface area contributed by atoms with Gasteiger partial charge in [0.25, 0.3) is 0 Å². The fraction of sp³-hybridized carbons (Fsp3) is 0.818. The van der Waals surface area contributed by atoms with Gasteiger partial charge >= 0.3 is 0 Å². The normalized spacial score (nSPS) is 34.2. The summed E-state index contributed by atoms with van der Waals surface area (Å²) in [6.07, 6.45) is 1.23. The van der Waals surface area contributed by atoms with Gasteiger partial charge in [-0.1, -0.05) is 6.92 Å². The number of carbonyl (C=O) groups is 2. The number of likely N-dealkylation sites (tertiary alicyclic amines) is 1. The third-order valence-corrected chi connectivity index (χ3v) is 3.68. The van der Waals surface area contributed by atoms with Crippen LogP contribution in [0, 0.1) is 11.8 Å². The number of carbonyl (C=O) groups excluding carboxylic acids is 2. The number of nitrogens with one attached hydrogen (secondary N) is 1. The van der Waals surface area contributed by atoms with Gasteiger partial charge in [0.1, 0.15) is 0 Å². The molecular formula is C11H18N2O3. The molecule has 0 saturated carbocycles. The van der Waals surface area contributed by atoms with Crippen molar-refractivity contribution in [1.82, 2.24) is 10.2 Å². The van der Waals surface area contributed by atoms with Crippen molar-refractivity contribution in [2.45, 2.75) is 25.8 Å². The Kier molecular flexibility index (Phi) is 3.14. The van der Waals surface area contributed by atoms with Crippen molar-refractivity contribution >= 4 is 11.8 Å². The molecule has 2 rings (SSSR count). The quantitative estimate of drug-likeness (QED) is 0.657. The zero-order valence-corrected chi connectivity index (χ0v) is 9.48. The number of rotatable bonds is 2. The summed E-state index contributed by atoms with van der Waals surface area (Å²) in [7, 11) is 0. The Labute approximate surface area is 94.8 Å². The van der Waals surface area contributed by atoms with Crippen molar-refractivity contribution < 1.29 is 14.7 Å². The molecule has 16 heavy (non-hydrogen) atoms. The average molecular weight is 226 g/mol. The molecular weight excluding hydrogens is 208 g/mol. The fourth-order valence-corrected chi connectivity index (χ4v) is 2.57. The minimum absolute atomic E-state index is 0.0149. The molecule has 0 spiro atoms. The first-order valence-electron chi connectivity index (χ1n) is 5.81. The minimum Gasteiger partial charge on any atom is -0.394 e. The first-order valence-corrected chi connectivity index (χ1v) is 5.81. The van der Waals surface area contributed by atoms with E-state index in [0.29, 0.717) is 25.4 Å². The van der Waals surface area contributed by atoms with Crippen LogP contribution in [0.5, 0.6) is 0 Å². The minimum atomic E-state index is -0.230. The van der Waals surface area contributed by atoms with Crippen LogP contribution in [0.4, 0.5) is 0 Å². The van der Waals surface area contributed by atoms with Crippen molar-refractivity contribution in [3.05, 3.63) is 0 Å². The molecule has 2 saturated heterocycles. The SMILES string of the molecule is CC1CCN(C(=O)C2CNC(=O)C2)C1CO. The van der Waals surface area contributed by atoms with Gasteiger partial charge in [-0.05, 0) is 12.3 Å². The van der Waals surface area contributed by atoms with Gasteiger partial charge in [0, 0.05) is 19.5 Å². The lowest BCUT2D eigenvalue weighted by molar-refractivity contribution is -0.137. The highest BCUT2D eigenvalue weighted by Gasteiger charge is 2.39. The molecule has 0 aromatic carbocycles. The van der Waals surface area contributed by atoms with Gasteiger partial charge in [-0.15, -0.1) is 0 Å². The van der Waals surface area contributed by atoms with Crippen LogP contribution in [-0.2, 0) is 9.59 Å². The number of aliphatic hydroxyl groups excluding tert-OH is 1. The number of aliphatic hydroxyl groups is 1. The van der Waals surface area contributed by atoms with E-state index in [1.165, 1.54) is 0 Å². The maximum absolute atomic E-state index is 12.1. The summed E-state index contributed by atoms with van der Waals surface area (Å²) in [6.45, 7) is 3.21. The maximum Gasteiger partial charge on any atom is 0.228 e. The molecule has 0 aromatic heterocycles. The van der Waals surface area contributed by atoms with E-state index in [1.807, 2.05) is 6.92 Å². The van der Waals surface area contributed by atoms with Crippen LogP contribution in [0.3, 0.4) is 0 Å². The lowest BCUT2D eigenvalue weighted by Gasteiger charge is -2.27. The fourth-order valence-electron chi connectivity index (χ4n) is 2.57. The lowest BCUT2D eigenvalue weighted by atomic mass is 10.0. The van der Waals surface area contributed by atoms with Crippen molar-refractivity contribution in [1.29, 1.82) is 0 Å². The van der Waals surface area contributed by atoms with E-state index in [9.17, 15) is 14.7 Å². The third kappa shape index (κ3) is 1.91. The van der Waals surface area contributed by atoms with Gasteiger partial charge in [-0.25, -0.2) is 0 Å². The van der Waals surface area contributed by atoms with Crippen LogP contribution >= 0.6 is 0 Å². The van der Waals surface area contributed by atoms with Crippen LogP contribution in [0.25, 0.3) is 0 Å². The van der Waals surface area contributed by atoms with E-state index < -0.39 is 0 Å². The van der Waals surface area contributed by atoms with Gasteiger partial charge in [-0.2, -0.15) is 0 Å². The Morgan fingerprint density at radius 3 is 2.94 bits per heavy atom. The summed E-state index contributed by atoms with van der Waals surface area (Å²) in [5.41, 5.74) is 0. The molecule has 2 aliphatic rings. The zero-order valence-electron chi connectivity index (χ0n) is 9.48. The molecule has 0 radical (unpaired) electrons. The summed E-state index contributed by atoms with van der Waals surface area (Å²) in [6, 6.07) is -0.0665. The molecule has 3 atom stereocenters. The first-order chi connectivity index (χ1) is 7.63. The first kappa shape index (κ1) is 11.4. The summed E-state index contributed by atoms with van der Waals surface area (Å²) in [4.78, 5) is 24.9. The van der Waals surface area contributed by atoms with Crippen molar-refractivity contribution in [3.8, 4) is 0 Å². The van der Waals surface area contributed by atoms with E-state index in [4.69, 9.17) is 0 Å². The van der Waals surface area contributed by atoms with Crippen LogP contribution < -0.4 is 5.32 Å². The monoisotopic (exact) mass is 226 g/mol. The van der Waals surface area contributed by atoms with E-state index in [1.54, 1.807) is 4.90 Å². The van der Waals surface area contributed by atoms with Gasteiger partial charge < -0.3 is 15.3 Å². The summed E-state index contributed by atoms with van der Waals surface area (Å²) >= 11 is 0. The highest BCUT2D eigenvalue weighted by Crippen LogP contribution is 2.26. The highest BCUT2D eigenvalue weighted by molar-refractivity contribution is 5.89. The van der Waals surface area contributed by atoms with Crippen molar-refractivity contribution in [2.75, 3.05) is 19.7 Å². The molecule has 90 valence electrons. The molecule has 2 heterocycles. The predicted molar refractivity (Wildman–Crippen MR) is 57.5 cm³/mol. The number of amides is 2. The Morgan fingerprint density at radius 2 is 2.38 bits per heavy atom. The van der Waals surface area contributed by atoms with Crippen LogP contribution in [0.15, 0.2) is 0 Å². The second kappa shape index (κ2) is 4.41. The van der Waals surface area contributed by atoms with E-state index in [0.717, 1.165) is 6.42 Å². The van der Waals surface area contributed by atoms with Gasteiger partial charge in [-0.3, -0.25) is 9.59 Å². The van der Waals surface area contributed by atoms with Crippen LogP contribution in [-0.4, -0.2) is 47.6 Å². The molecule has 5 heteroatoms. The lowest BCUT2D eigenvalue weighted by Crippen LogP contribution is -2.43. The molecule has 5 nitrogen and oxygen atoms in total. The molecule has 0 bridgehead atoms. The Morgan fingerprint density at radius 1 is 1.62 bits per heavy atom. The second-order valence-corrected chi connectivity index (χ2v) is 4.75. The molecule has 2 aliphatic heterocycles. The van der Waals surface area contributed by atoms with Gasteiger partial charge in [0.15, 0.2) is 0 Å². The van der Waals surface area contributed by atoms with Crippen molar-refractivity contribution in [2.24, 2.45) is 11.8 Å². The number of nitrogens with zero attached hydrogens (tertiary/aromatic N) is 1. The van der Waals surface area contributed by atoms with Crippen LogP contribution in [0.2, 0.25) is 0 Å².